The zero-order valence-electron chi connectivity index (χ0n) is 17.9. The van der Waals surface area contributed by atoms with Crippen molar-refractivity contribution in [1.29, 1.82) is 0 Å². The third kappa shape index (κ3) is 6.27. The van der Waals surface area contributed by atoms with E-state index in [0.29, 0.717) is 27.0 Å². The Balaban J connectivity index is 1.36. The molecule has 172 valence electrons. The maximum atomic E-state index is 12.9. The summed E-state index contributed by atoms with van der Waals surface area (Å²) in [6.07, 6.45) is 7.50. The molecule has 2 amide bonds. The monoisotopic (exact) mass is 486 g/mol. The van der Waals surface area contributed by atoms with E-state index in [-0.39, 0.29) is 31.0 Å². The van der Waals surface area contributed by atoms with Crippen molar-refractivity contribution in [3.05, 3.63) is 76.0 Å². The second-order valence-corrected chi connectivity index (χ2v) is 8.79. The first-order valence-corrected chi connectivity index (χ1v) is 11.5. The number of hydrogen-bond donors (Lipinski definition) is 2. The van der Waals surface area contributed by atoms with E-state index in [0.717, 1.165) is 31.2 Å². The molecule has 0 aliphatic heterocycles. The number of hydrogen-bond acceptors (Lipinski definition) is 4. The molecule has 2 aromatic carbocycles. The largest absolute Gasteiger partial charge is 0.488 e. The fourth-order valence-electron chi connectivity index (χ4n) is 3.78. The lowest BCUT2D eigenvalue weighted by molar-refractivity contribution is -0.122. The zero-order valence-corrected chi connectivity index (χ0v) is 19.4. The molecule has 7 nitrogen and oxygen atoms in total. The molecule has 3 aromatic rings. The summed E-state index contributed by atoms with van der Waals surface area (Å²) in [6, 6.07) is 12.4. The molecule has 1 saturated carbocycles. The van der Waals surface area contributed by atoms with Gasteiger partial charge < -0.3 is 15.4 Å². The molecular weight excluding hydrogens is 463 g/mol. The highest BCUT2D eigenvalue weighted by Gasteiger charge is 2.18. The lowest BCUT2D eigenvalue weighted by atomic mass is 10.2. The zero-order chi connectivity index (χ0) is 23.2. The van der Waals surface area contributed by atoms with Crippen LogP contribution in [0.5, 0.6) is 5.75 Å². The van der Waals surface area contributed by atoms with E-state index in [1.165, 1.54) is 10.9 Å². The first-order chi connectivity index (χ1) is 16.0. The van der Waals surface area contributed by atoms with Crippen LogP contribution in [0.15, 0.2) is 54.9 Å². The van der Waals surface area contributed by atoms with Crippen molar-refractivity contribution in [2.75, 3.05) is 5.32 Å². The number of benzene rings is 2. The predicted molar refractivity (Wildman–Crippen MR) is 128 cm³/mol. The summed E-state index contributed by atoms with van der Waals surface area (Å²) in [5.74, 6) is -0.00501. The first kappa shape index (κ1) is 23.1. The fraction of sp³-hybridized carbons (Fsp3) is 0.292. The number of halogens is 2. The standard InChI is InChI=1S/C24H24Cl2N4O3/c25-17-10-9-16(21(26)11-17)15-33-22-8-4-3-7-20(22)24(32)29-19-12-27-30(13-19)14-23(31)28-18-5-1-2-6-18/h3-4,7-13,18H,1-2,5-6,14-15H2,(H,28,31)(H,29,32). The van der Waals surface area contributed by atoms with E-state index in [1.54, 1.807) is 48.7 Å². The van der Waals surface area contributed by atoms with Gasteiger partial charge in [-0.05, 0) is 37.1 Å². The molecule has 1 heterocycles. The summed E-state index contributed by atoms with van der Waals surface area (Å²) in [6.45, 7) is 0.294. The van der Waals surface area contributed by atoms with Gasteiger partial charge in [-0.1, -0.05) is 54.2 Å². The highest BCUT2D eigenvalue weighted by atomic mass is 35.5. The first-order valence-electron chi connectivity index (χ1n) is 10.8. The van der Waals surface area contributed by atoms with Crippen molar-refractivity contribution in [1.82, 2.24) is 15.1 Å². The number of carbonyl (C=O) groups excluding carboxylic acids is 2. The van der Waals surface area contributed by atoms with Crippen LogP contribution in [0.4, 0.5) is 5.69 Å². The van der Waals surface area contributed by atoms with Crippen LogP contribution in [-0.4, -0.2) is 27.6 Å². The van der Waals surface area contributed by atoms with E-state index in [1.807, 2.05) is 0 Å². The Morgan fingerprint density at radius 1 is 1.12 bits per heavy atom. The Hall–Kier alpha value is -3.03. The second kappa shape index (κ2) is 10.7. The molecule has 1 aliphatic rings. The summed E-state index contributed by atoms with van der Waals surface area (Å²) >= 11 is 12.1. The molecular formula is C24H24Cl2N4O3. The predicted octanol–water partition coefficient (Wildman–Crippen LogP) is 5.08. The van der Waals surface area contributed by atoms with Gasteiger partial charge in [-0.25, -0.2) is 0 Å². The van der Waals surface area contributed by atoms with Crippen LogP contribution in [0.25, 0.3) is 0 Å². The fourth-order valence-corrected chi connectivity index (χ4v) is 4.24. The summed E-state index contributed by atoms with van der Waals surface area (Å²) in [5, 5.41) is 11.0. The Morgan fingerprint density at radius 3 is 2.70 bits per heavy atom. The lowest BCUT2D eigenvalue weighted by Gasteiger charge is -2.12. The number of nitrogens with zero attached hydrogens (tertiary/aromatic N) is 2. The number of anilines is 1. The van der Waals surface area contributed by atoms with Gasteiger partial charge in [0.2, 0.25) is 5.91 Å². The molecule has 2 N–H and O–H groups in total. The average Bonchev–Trinajstić information content (AvgIpc) is 3.45. The highest BCUT2D eigenvalue weighted by molar-refractivity contribution is 6.35. The normalized spacial score (nSPS) is 13.6. The van der Waals surface area contributed by atoms with Crippen LogP contribution in [0, 0.1) is 0 Å². The van der Waals surface area contributed by atoms with Gasteiger partial charge in [0, 0.05) is 27.8 Å². The molecule has 0 unspecified atom stereocenters. The molecule has 1 fully saturated rings. The van der Waals surface area contributed by atoms with Crippen molar-refractivity contribution in [2.45, 2.75) is 44.9 Å². The van der Waals surface area contributed by atoms with Crippen LogP contribution in [0.2, 0.25) is 10.0 Å². The number of amides is 2. The molecule has 0 bridgehead atoms. The second-order valence-electron chi connectivity index (χ2n) is 7.95. The van der Waals surface area contributed by atoms with Gasteiger partial charge in [-0.15, -0.1) is 0 Å². The Kier molecular flexibility index (Phi) is 7.52. The van der Waals surface area contributed by atoms with Crippen LogP contribution >= 0.6 is 23.2 Å². The number of ether oxygens (including phenoxy) is 1. The summed E-state index contributed by atoms with van der Waals surface area (Å²) < 4.78 is 7.37. The third-order valence-corrected chi connectivity index (χ3v) is 6.03. The summed E-state index contributed by atoms with van der Waals surface area (Å²) in [7, 11) is 0. The molecule has 0 radical (unpaired) electrons. The van der Waals surface area contributed by atoms with E-state index < -0.39 is 0 Å². The maximum absolute atomic E-state index is 12.9. The van der Waals surface area contributed by atoms with E-state index in [4.69, 9.17) is 27.9 Å². The molecule has 9 heteroatoms. The third-order valence-electron chi connectivity index (χ3n) is 5.45. The minimum Gasteiger partial charge on any atom is -0.488 e. The van der Waals surface area contributed by atoms with Crippen molar-refractivity contribution in [2.24, 2.45) is 0 Å². The number of aromatic nitrogens is 2. The minimum absolute atomic E-state index is 0.0810. The topological polar surface area (TPSA) is 85.2 Å². The quantitative estimate of drug-likeness (QED) is 0.464. The van der Waals surface area contributed by atoms with Crippen molar-refractivity contribution in [3.8, 4) is 5.75 Å². The number of carbonyl (C=O) groups is 2. The highest BCUT2D eigenvalue weighted by Crippen LogP contribution is 2.25. The molecule has 0 saturated heterocycles. The Morgan fingerprint density at radius 2 is 1.91 bits per heavy atom. The molecule has 1 aliphatic carbocycles. The van der Waals surface area contributed by atoms with Gasteiger partial charge >= 0.3 is 0 Å². The summed E-state index contributed by atoms with van der Waals surface area (Å²) in [5.41, 5.74) is 1.62. The molecule has 33 heavy (non-hydrogen) atoms. The Bertz CT molecular complexity index is 1140. The van der Waals surface area contributed by atoms with Gasteiger partial charge in [-0.2, -0.15) is 5.10 Å². The number of para-hydroxylation sites is 1. The van der Waals surface area contributed by atoms with E-state index in [9.17, 15) is 9.59 Å². The van der Waals surface area contributed by atoms with Gasteiger partial charge in [0.05, 0.1) is 17.4 Å². The Labute approximate surface area is 202 Å². The minimum atomic E-state index is -0.345. The van der Waals surface area contributed by atoms with Gasteiger partial charge in [-0.3, -0.25) is 14.3 Å². The van der Waals surface area contributed by atoms with Gasteiger partial charge in [0.15, 0.2) is 0 Å². The molecule has 4 rings (SSSR count). The molecule has 0 atom stereocenters. The lowest BCUT2D eigenvalue weighted by Crippen LogP contribution is -2.35. The molecule has 0 spiro atoms. The maximum Gasteiger partial charge on any atom is 0.259 e. The number of nitrogens with one attached hydrogen (secondary N) is 2. The van der Waals surface area contributed by atoms with E-state index >= 15 is 0 Å². The smallest absolute Gasteiger partial charge is 0.259 e. The van der Waals surface area contributed by atoms with Crippen molar-refractivity contribution < 1.29 is 14.3 Å². The number of rotatable bonds is 8. The van der Waals surface area contributed by atoms with Gasteiger partial charge in [0.1, 0.15) is 18.9 Å². The van der Waals surface area contributed by atoms with Crippen LogP contribution in [-0.2, 0) is 17.9 Å². The van der Waals surface area contributed by atoms with E-state index in [2.05, 4.69) is 15.7 Å². The van der Waals surface area contributed by atoms with Crippen LogP contribution < -0.4 is 15.4 Å². The van der Waals surface area contributed by atoms with Crippen molar-refractivity contribution in [3.63, 3.8) is 0 Å². The summed E-state index contributed by atoms with van der Waals surface area (Å²) in [4.78, 5) is 25.1. The average molecular weight is 487 g/mol. The van der Waals surface area contributed by atoms with Crippen LogP contribution in [0.3, 0.4) is 0 Å². The van der Waals surface area contributed by atoms with Crippen molar-refractivity contribution >= 4 is 40.7 Å². The molecule has 1 aromatic heterocycles. The SMILES string of the molecule is O=C(Cn1cc(NC(=O)c2ccccc2OCc2ccc(Cl)cc2Cl)cn1)NC1CCCC1. The van der Waals surface area contributed by atoms with Crippen LogP contribution in [0.1, 0.15) is 41.6 Å². The van der Waals surface area contributed by atoms with Gasteiger partial charge in [0.25, 0.3) is 5.91 Å².